The second-order valence-corrected chi connectivity index (χ2v) is 15.6. The molecule has 0 aliphatic rings. The van der Waals surface area contributed by atoms with Crippen LogP contribution in [-0.4, -0.2) is 19.5 Å². The molecular weight excluding hydrogens is 757 g/mol. The van der Waals surface area contributed by atoms with Gasteiger partial charge in [-0.15, -0.1) is 0 Å². The van der Waals surface area contributed by atoms with Gasteiger partial charge in [0.15, 0.2) is 17.5 Å². The van der Waals surface area contributed by atoms with Crippen molar-refractivity contribution in [2.75, 3.05) is 0 Å². The first-order valence-electron chi connectivity index (χ1n) is 20.8. The zero-order valence-corrected chi connectivity index (χ0v) is 33.5. The Morgan fingerprint density at radius 1 is 0.306 bits per heavy atom. The van der Waals surface area contributed by atoms with E-state index in [9.17, 15) is 0 Å². The monoisotopic (exact) mass is 792 g/mol. The Kier molecular flexibility index (Phi) is 8.42. The molecule has 0 bridgehead atoms. The van der Waals surface area contributed by atoms with Crippen molar-refractivity contribution in [3.8, 4) is 73.2 Å². The van der Waals surface area contributed by atoms with E-state index in [-0.39, 0.29) is 0 Å². The molecule has 0 fully saturated rings. The van der Waals surface area contributed by atoms with Crippen molar-refractivity contribution in [1.82, 2.24) is 19.5 Å². The highest BCUT2D eigenvalue weighted by Crippen LogP contribution is 2.42. The second kappa shape index (κ2) is 14.7. The van der Waals surface area contributed by atoms with Crippen molar-refractivity contribution in [2.24, 2.45) is 0 Å². The summed E-state index contributed by atoms with van der Waals surface area (Å²) in [7, 11) is 0. The summed E-state index contributed by atoms with van der Waals surface area (Å²) >= 11 is 0. The molecule has 3 aromatic heterocycles. The number of para-hydroxylation sites is 3. The van der Waals surface area contributed by atoms with Crippen LogP contribution in [-0.2, 0) is 0 Å². The largest absolute Gasteiger partial charge is 0.456 e. The molecule has 9 aromatic carbocycles. The van der Waals surface area contributed by atoms with Crippen LogP contribution in [0.4, 0.5) is 0 Å². The zero-order chi connectivity index (χ0) is 41.0. The first kappa shape index (κ1) is 35.5. The van der Waals surface area contributed by atoms with Crippen LogP contribution < -0.4 is 0 Å². The summed E-state index contributed by atoms with van der Waals surface area (Å²) < 4.78 is 8.97. The van der Waals surface area contributed by atoms with Gasteiger partial charge in [0, 0.05) is 43.8 Å². The lowest BCUT2D eigenvalue weighted by Crippen LogP contribution is -2.00. The molecule has 12 rings (SSSR count). The van der Waals surface area contributed by atoms with Crippen LogP contribution in [0.5, 0.6) is 0 Å². The highest BCUT2D eigenvalue weighted by atomic mass is 16.3. The van der Waals surface area contributed by atoms with E-state index in [0.29, 0.717) is 17.5 Å². The van der Waals surface area contributed by atoms with Gasteiger partial charge in [0.1, 0.15) is 11.2 Å². The molecule has 0 spiro atoms. The predicted molar refractivity (Wildman–Crippen MR) is 254 cm³/mol. The lowest BCUT2D eigenvalue weighted by molar-refractivity contribution is 0.669. The van der Waals surface area contributed by atoms with E-state index >= 15 is 0 Å². The van der Waals surface area contributed by atoms with Crippen LogP contribution in [0, 0.1) is 0 Å². The standard InChI is InChI=1S/C57H36N4O/c1-3-14-37(15-4-1)38-26-28-39(29-27-38)40-30-32-42(33-31-40)56-58-55(41-16-5-2-6-17-41)59-57(60-56)43-34-35-52-48(36-43)54-47(21-13-25-53(54)62-52)46-20-9-12-24-51(46)61-49-22-10-7-18-44(49)45-19-8-11-23-50(45)61/h1-36H. The maximum absolute atomic E-state index is 6.58. The Hall–Kier alpha value is -8.41. The fourth-order valence-corrected chi connectivity index (χ4v) is 8.92. The fraction of sp³-hybridized carbons (Fsp3) is 0. The minimum absolute atomic E-state index is 0.592. The quantitative estimate of drug-likeness (QED) is 0.161. The molecule has 5 nitrogen and oxygen atoms in total. The van der Waals surface area contributed by atoms with E-state index in [1.165, 1.54) is 32.9 Å². The van der Waals surface area contributed by atoms with Crippen molar-refractivity contribution >= 4 is 43.7 Å². The number of hydrogen-bond donors (Lipinski definition) is 0. The van der Waals surface area contributed by atoms with Gasteiger partial charge in [-0.25, -0.2) is 15.0 Å². The van der Waals surface area contributed by atoms with Crippen LogP contribution >= 0.6 is 0 Å². The van der Waals surface area contributed by atoms with Gasteiger partial charge < -0.3 is 8.98 Å². The molecule has 5 heteroatoms. The molecule has 0 saturated heterocycles. The third-order valence-corrected chi connectivity index (χ3v) is 11.9. The van der Waals surface area contributed by atoms with Crippen LogP contribution in [0.3, 0.4) is 0 Å². The number of fused-ring (bicyclic) bond motifs is 6. The maximum Gasteiger partial charge on any atom is 0.164 e. The molecule has 0 aliphatic heterocycles. The zero-order valence-electron chi connectivity index (χ0n) is 33.5. The van der Waals surface area contributed by atoms with Crippen molar-refractivity contribution < 1.29 is 4.42 Å². The minimum Gasteiger partial charge on any atom is -0.456 e. The molecule has 12 aromatic rings. The van der Waals surface area contributed by atoms with Crippen LogP contribution in [0.25, 0.3) is 117 Å². The maximum atomic E-state index is 6.58. The lowest BCUT2D eigenvalue weighted by atomic mass is 9.97. The van der Waals surface area contributed by atoms with E-state index in [2.05, 4.69) is 174 Å². The number of nitrogens with zero attached hydrogens (tertiary/aromatic N) is 4. The number of rotatable bonds is 7. The minimum atomic E-state index is 0.592. The number of aromatic nitrogens is 4. The van der Waals surface area contributed by atoms with Gasteiger partial charge >= 0.3 is 0 Å². The average molecular weight is 793 g/mol. The van der Waals surface area contributed by atoms with Gasteiger partial charge in [-0.2, -0.15) is 0 Å². The van der Waals surface area contributed by atoms with E-state index < -0.39 is 0 Å². The molecule has 0 unspecified atom stereocenters. The topological polar surface area (TPSA) is 56.7 Å². The molecule has 0 amide bonds. The molecule has 290 valence electrons. The molecule has 0 aliphatic carbocycles. The van der Waals surface area contributed by atoms with Gasteiger partial charge in [-0.05, 0) is 70.3 Å². The summed E-state index contributed by atoms with van der Waals surface area (Å²) in [5.41, 5.74) is 14.6. The van der Waals surface area contributed by atoms with E-state index in [1.54, 1.807) is 0 Å². The summed E-state index contributed by atoms with van der Waals surface area (Å²) in [5, 5.41) is 4.50. The number of hydrogen-bond acceptors (Lipinski definition) is 4. The van der Waals surface area contributed by atoms with Gasteiger partial charge in [-0.3, -0.25) is 0 Å². The van der Waals surface area contributed by atoms with E-state index in [4.69, 9.17) is 19.4 Å². The third-order valence-electron chi connectivity index (χ3n) is 11.9. The molecule has 0 atom stereocenters. The first-order valence-corrected chi connectivity index (χ1v) is 20.8. The van der Waals surface area contributed by atoms with Crippen molar-refractivity contribution in [3.63, 3.8) is 0 Å². The average Bonchev–Trinajstić information content (AvgIpc) is 3.90. The van der Waals surface area contributed by atoms with Gasteiger partial charge in [0.2, 0.25) is 0 Å². The predicted octanol–water partition coefficient (Wildman–Crippen LogP) is 14.9. The molecule has 0 N–H and O–H groups in total. The molecule has 0 saturated carbocycles. The normalized spacial score (nSPS) is 11.5. The van der Waals surface area contributed by atoms with Crippen LogP contribution in [0.1, 0.15) is 0 Å². The smallest absolute Gasteiger partial charge is 0.164 e. The van der Waals surface area contributed by atoms with Gasteiger partial charge in [-0.1, -0.05) is 176 Å². The highest BCUT2D eigenvalue weighted by molar-refractivity contribution is 6.15. The van der Waals surface area contributed by atoms with Gasteiger partial charge in [0.25, 0.3) is 0 Å². The second-order valence-electron chi connectivity index (χ2n) is 15.6. The van der Waals surface area contributed by atoms with Gasteiger partial charge in [0.05, 0.1) is 16.7 Å². The molecule has 62 heavy (non-hydrogen) atoms. The number of benzene rings is 9. The summed E-state index contributed by atoms with van der Waals surface area (Å²) in [4.78, 5) is 15.3. The van der Waals surface area contributed by atoms with Crippen molar-refractivity contribution in [2.45, 2.75) is 0 Å². The fourth-order valence-electron chi connectivity index (χ4n) is 8.92. The molecule has 0 radical (unpaired) electrons. The molecular formula is C57H36N4O. The Bertz CT molecular complexity index is 3550. The summed E-state index contributed by atoms with van der Waals surface area (Å²) in [6.45, 7) is 0. The van der Waals surface area contributed by atoms with Crippen molar-refractivity contribution in [1.29, 1.82) is 0 Å². The Labute approximate surface area is 357 Å². The number of furan rings is 1. The van der Waals surface area contributed by atoms with E-state index in [1.807, 2.05) is 48.5 Å². The summed E-state index contributed by atoms with van der Waals surface area (Å²) in [5.74, 6) is 1.82. The lowest BCUT2D eigenvalue weighted by Gasteiger charge is -2.15. The Balaban J connectivity index is 0.975. The van der Waals surface area contributed by atoms with Crippen LogP contribution in [0.2, 0.25) is 0 Å². The third kappa shape index (κ3) is 6.06. The SMILES string of the molecule is c1ccc(-c2ccc(-c3ccc(-c4nc(-c5ccccc5)nc(-c5ccc6oc7cccc(-c8ccccc8-n8c9ccccc9c9ccccc98)c7c6c5)n4)cc3)cc2)cc1. The Morgan fingerprint density at radius 2 is 0.758 bits per heavy atom. The highest BCUT2D eigenvalue weighted by Gasteiger charge is 2.20. The Morgan fingerprint density at radius 3 is 1.39 bits per heavy atom. The molecule has 3 heterocycles. The summed E-state index contributed by atoms with van der Waals surface area (Å²) in [6.07, 6.45) is 0. The van der Waals surface area contributed by atoms with Crippen molar-refractivity contribution in [3.05, 3.63) is 218 Å². The van der Waals surface area contributed by atoms with E-state index in [0.717, 1.165) is 66.6 Å². The first-order chi connectivity index (χ1) is 30.7. The summed E-state index contributed by atoms with van der Waals surface area (Å²) in [6, 6.07) is 76.3. The van der Waals surface area contributed by atoms with Crippen LogP contribution in [0.15, 0.2) is 223 Å².